The zero-order chi connectivity index (χ0) is 20.1. The second kappa shape index (κ2) is 9.73. The SMILES string of the molecule is C=C1CC[C@H](CCCCC2CCCCC2)[C@H]1C[C@H]1OC1CCC(O)(O)C(=O)O. The van der Waals surface area contributed by atoms with Crippen molar-refractivity contribution >= 4 is 5.97 Å². The summed E-state index contributed by atoms with van der Waals surface area (Å²) in [5, 5.41) is 27.6. The lowest BCUT2D eigenvalue weighted by Gasteiger charge is -2.23. The van der Waals surface area contributed by atoms with E-state index in [9.17, 15) is 15.0 Å². The van der Waals surface area contributed by atoms with Gasteiger partial charge < -0.3 is 20.1 Å². The number of allylic oxidation sites excluding steroid dienone is 1. The van der Waals surface area contributed by atoms with Crippen LogP contribution in [-0.4, -0.2) is 39.3 Å². The summed E-state index contributed by atoms with van der Waals surface area (Å²) in [5.74, 6) is -2.05. The number of carboxylic acids is 1. The van der Waals surface area contributed by atoms with Crippen molar-refractivity contribution in [2.75, 3.05) is 0 Å². The Morgan fingerprint density at radius 3 is 2.46 bits per heavy atom. The summed E-state index contributed by atoms with van der Waals surface area (Å²) in [6.07, 6.45) is 16.1. The van der Waals surface area contributed by atoms with Crippen molar-refractivity contribution < 1.29 is 24.9 Å². The number of ether oxygens (including phenoxy) is 1. The molecule has 1 saturated heterocycles. The molecule has 2 saturated carbocycles. The average molecular weight is 395 g/mol. The van der Waals surface area contributed by atoms with Gasteiger partial charge in [0.15, 0.2) is 0 Å². The first kappa shape index (κ1) is 21.8. The van der Waals surface area contributed by atoms with Crippen molar-refractivity contribution in [2.24, 2.45) is 17.8 Å². The molecule has 28 heavy (non-hydrogen) atoms. The highest BCUT2D eigenvalue weighted by Gasteiger charge is 2.45. The Balaban J connectivity index is 1.34. The Morgan fingerprint density at radius 1 is 1.04 bits per heavy atom. The second-order valence-electron chi connectivity index (χ2n) is 9.46. The maximum absolute atomic E-state index is 10.8. The van der Waals surface area contributed by atoms with Crippen LogP contribution in [0.5, 0.6) is 0 Å². The molecule has 0 aromatic heterocycles. The maximum Gasteiger partial charge on any atom is 0.364 e. The summed E-state index contributed by atoms with van der Waals surface area (Å²) < 4.78 is 5.70. The molecule has 0 aromatic carbocycles. The molecule has 0 radical (unpaired) electrons. The summed E-state index contributed by atoms with van der Waals surface area (Å²) in [5.41, 5.74) is 1.34. The highest BCUT2D eigenvalue weighted by atomic mass is 16.6. The first-order chi connectivity index (χ1) is 13.4. The molecule has 3 aliphatic rings. The smallest absolute Gasteiger partial charge is 0.364 e. The van der Waals surface area contributed by atoms with Gasteiger partial charge in [0.2, 0.25) is 0 Å². The van der Waals surface area contributed by atoms with E-state index >= 15 is 0 Å². The van der Waals surface area contributed by atoms with Crippen molar-refractivity contribution in [1.29, 1.82) is 0 Å². The van der Waals surface area contributed by atoms with Gasteiger partial charge in [-0.05, 0) is 49.9 Å². The number of aliphatic hydroxyl groups is 2. The minimum Gasteiger partial charge on any atom is -0.477 e. The van der Waals surface area contributed by atoms with E-state index in [0.29, 0.717) is 18.3 Å². The molecule has 2 aliphatic carbocycles. The molecular formula is C23H38O5. The Hall–Kier alpha value is -0.910. The standard InChI is InChI=1S/C23H38O5/c1-16-11-12-18(10-6-5-9-17-7-3-2-4-8-17)19(16)15-21-20(28-21)13-14-23(26,27)22(24)25/h17-21,26-27H,1-15H2,(H,24,25)/t18-,19-,20?,21+/m0/s1. The maximum atomic E-state index is 10.8. The van der Waals surface area contributed by atoms with Crippen LogP contribution in [0.2, 0.25) is 0 Å². The number of epoxide rings is 1. The van der Waals surface area contributed by atoms with Crippen LogP contribution < -0.4 is 0 Å². The van der Waals surface area contributed by atoms with Crippen LogP contribution in [0, 0.1) is 17.8 Å². The highest BCUT2D eigenvalue weighted by molar-refractivity contribution is 5.74. The highest BCUT2D eigenvalue weighted by Crippen LogP contribution is 2.45. The molecule has 4 atom stereocenters. The average Bonchev–Trinajstić information content (AvgIpc) is 3.34. The first-order valence-electron chi connectivity index (χ1n) is 11.4. The van der Waals surface area contributed by atoms with Crippen LogP contribution in [-0.2, 0) is 9.53 Å². The van der Waals surface area contributed by atoms with E-state index in [0.717, 1.165) is 18.8 Å². The van der Waals surface area contributed by atoms with Crippen molar-refractivity contribution in [2.45, 2.75) is 108 Å². The van der Waals surface area contributed by atoms with E-state index in [-0.39, 0.29) is 18.6 Å². The minimum atomic E-state index is -2.64. The number of unbranched alkanes of at least 4 members (excludes halogenated alkanes) is 1. The minimum absolute atomic E-state index is 0.0432. The molecule has 160 valence electrons. The fourth-order valence-electron chi connectivity index (χ4n) is 5.45. The van der Waals surface area contributed by atoms with Crippen molar-refractivity contribution in [3.8, 4) is 0 Å². The molecule has 5 heteroatoms. The summed E-state index contributed by atoms with van der Waals surface area (Å²) in [6, 6.07) is 0. The van der Waals surface area contributed by atoms with E-state index in [4.69, 9.17) is 9.84 Å². The van der Waals surface area contributed by atoms with Gasteiger partial charge in [0.25, 0.3) is 5.79 Å². The molecular weight excluding hydrogens is 356 g/mol. The number of rotatable bonds is 11. The number of aliphatic carboxylic acids is 1. The predicted octanol–water partition coefficient (Wildman–Crippen LogP) is 4.41. The molecule has 0 amide bonds. The summed E-state index contributed by atoms with van der Waals surface area (Å²) in [6.45, 7) is 4.29. The number of carboxylic acid groups (broad SMARTS) is 1. The van der Waals surface area contributed by atoms with Gasteiger partial charge in [0.05, 0.1) is 12.2 Å². The van der Waals surface area contributed by atoms with E-state index in [1.807, 2.05) is 0 Å². The zero-order valence-electron chi connectivity index (χ0n) is 17.2. The molecule has 3 rings (SSSR count). The lowest BCUT2D eigenvalue weighted by molar-refractivity contribution is -0.205. The summed E-state index contributed by atoms with van der Waals surface area (Å²) >= 11 is 0. The van der Waals surface area contributed by atoms with Gasteiger partial charge in [-0.3, -0.25) is 0 Å². The van der Waals surface area contributed by atoms with Crippen LogP contribution in [0.3, 0.4) is 0 Å². The van der Waals surface area contributed by atoms with Gasteiger partial charge in [0.1, 0.15) is 0 Å². The molecule has 5 nitrogen and oxygen atoms in total. The van der Waals surface area contributed by atoms with Crippen LogP contribution in [0.25, 0.3) is 0 Å². The van der Waals surface area contributed by atoms with E-state index in [2.05, 4.69) is 6.58 Å². The van der Waals surface area contributed by atoms with Crippen molar-refractivity contribution in [3.63, 3.8) is 0 Å². The van der Waals surface area contributed by atoms with E-state index < -0.39 is 11.8 Å². The number of hydrogen-bond acceptors (Lipinski definition) is 4. The largest absolute Gasteiger partial charge is 0.477 e. The van der Waals surface area contributed by atoms with Crippen LogP contribution in [0.15, 0.2) is 12.2 Å². The van der Waals surface area contributed by atoms with Gasteiger partial charge in [-0.1, -0.05) is 63.5 Å². The monoisotopic (exact) mass is 394 g/mol. The third-order valence-corrected chi connectivity index (χ3v) is 7.39. The lowest BCUT2D eigenvalue weighted by atomic mass is 9.83. The predicted molar refractivity (Wildman–Crippen MR) is 108 cm³/mol. The Kier molecular flexibility index (Phi) is 7.57. The molecule has 3 N–H and O–H groups in total. The molecule has 1 heterocycles. The van der Waals surface area contributed by atoms with Gasteiger partial charge in [-0.25, -0.2) is 4.79 Å². The second-order valence-corrected chi connectivity index (χ2v) is 9.46. The Labute approximate surface area is 169 Å². The third kappa shape index (κ3) is 6.04. The topological polar surface area (TPSA) is 90.3 Å². The normalized spacial score (nSPS) is 31.3. The fraction of sp³-hybridized carbons (Fsp3) is 0.870. The molecule has 3 fully saturated rings. The van der Waals surface area contributed by atoms with Gasteiger partial charge in [-0.2, -0.15) is 0 Å². The fourth-order valence-corrected chi connectivity index (χ4v) is 5.45. The lowest BCUT2D eigenvalue weighted by Crippen LogP contribution is -2.38. The quantitative estimate of drug-likeness (QED) is 0.209. The first-order valence-corrected chi connectivity index (χ1v) is 11.4. The number of carbonyl (C=O) groups is 1. The van der Waals surface area contributed by atoms with Crippen LogP contribution >= 0.6 is 0 Å². The third-order valence-electron chi connectivity index (χ3n) is 7.39. The molecule has 0 bridgehead atoms. The zero-order valence-corrected chi connectivity index (χ0v) is 17.2. The summed E-state index contributed by atoms with van der Waals surface area (Å²) in [7, 11) is 0. The molecule has 0 spiro atoms. The molecule has 1 unspecified atom stereocenters. The molecule has 0 aromatic rings. The number of hydrogen-bond donors (Lipinski definition) is 3. The van der Waals surface area contributed by atoms with Gasteiger partial charge in [-0.15, -0.1) is 0 Å². The van der Waals surface area contributed by atoms with E-state index in [1.165, 1.54) is 69.8 Å². The van der Waals surface area contributed by atoms with Gasteiger partial charge in [0, 0.05) is 6.42 Å². The van der Waals surface area contributed by atoms with Crippen molar-refractivity contribution in [1.82, 2.24) is 0 Å². The Morgan fingerprint density at radius 2 is 1.75 bits per heavy atom. The van der Waals surface area contributed by atoms with Gasteiger partial charge >= 0.3 is 5.97 Å². The van der Waals surface area contributed by atoms with E-state index in [1.54, 1.807) is 0 Å². The summed E-state index contributed by atoms with van der Waals surface area (Å²) in [4.78, 5) is 10.8. The van der Waals surface area contributed by atoms with Crippen LogP contribution in [0.4, 0.5) is 0 Å². The molecule has 1 aliphatic heterocycles. The Bertz CT molecular complexity index is 537. The van der Waals surface area contributed by atoms with Crippen molar-refractivity contribution in [3.05, 3.63) is 12.2 Å². The van der Waals surface area contributed by atoms with Crippen LogP contribution in [0.1, 0.15) is 89.9 Å².